The summed E-state index contributed by atoms with van der Waals surface area (Å²) < 4.78 is 6.75. The summed E-state index contributed by atoms with van der Waals surface area (Å²) in [6, 6.07) is 12.5. The van der Waals surface area contributed by atoms with Gasteiger partial charge in [0.2, 0.25) is 5.91 Å². The van der Waals surface area contributed by atoms with Crippen molar-refractivity contribution in [3.8, 4) is 5.75 Å². The van der Waals surface area contributed by atoms with Crippen molar-refractivity contribution < 1.29 is 9.53 Å². The summed E-state index contributed by atoms with van der Waals surface area (Å²) in [6.45, 7) is 1.95. The predicted molar refractivity (Wildman–Crippen MR) is 104 cm³/mol. The molecule has 1 N–H and O–H groups in total. The van der Waals surface area contributed by atoms with Crippen LogP contribution in [0.15, 0.2) is 53.5 Å². The zero-order valence-electron chi connectivity index (χ0n) is 14.6. The molecule has 1 aromatic carbocycles. The van der Waals surface area contributed by atoms with Crippen LogP contribution in [0.2, 0.25) is 0 Å². The lowest BCUT2D eigenvalue weighted by Gasteiger charge is -2.11. The quantitative estimate of drug-likeness (QED) is 0.723. The van der Waals surface area contributed by atoms with Gasteiger partial charge in [-0.15, -0.1) is 11.8 Å². The summed E-state index contributed by atoms with van der Waals surface area (Å²) in [5.41, 5.74) is 2.83. The van der Waals surface area contributed by atoms with E-state index in [0.29, 0.717) is 28.5 Å². The lowest BCUT2D eigenvalue weighted by molar-refractivity contribution is -0.113. The molecule has 6 nitrogen and oxygen atoms in total. The highest BCUT2D eigenvalue weighted by molar-refractivity contribution is 7.99. The largest absolute Gasteiger partial charge is 0.495 e. The highest BCUT2D eigenvalue weighted by atomic mass is 32.2. The van der Waals surface area contributed by atoms with Crippen molar-refractivity contribution in [2.24, 2.45) is 0 Å². The second-order valence-corrected chi connectivity index (χ2v) is 6.74. The molecule has 0 saturated carbocycles. The molecule has 0 saturated heterocycles. The number of nitrogens with zero attached hydrogens (tertiary/aromatic N) is 2. The molecule has 0 radical (unpaired) electrons. The molecule has 3 aromatic rings. The first-order valence-corrected chi connectivity index (χ1v) is 9.22. The number of nitrogens with one attached hydrogen (secondary N) is 1. The van der Waals surface area contributed by atoms with Crippen molar-refractivity contribution in [3.63, 3.8) is 0 Å². The molecule has 26 heavy (non-hydrogen) atoms. The molecule has 0 unspecified atom stereocenters. The summed E-state index contributed by atoms with van der Waals surface area (Å²) in [5, 5.41) is 2.86. The fraction of sp³-hybridized carbons (Fsp3) is 0.211. The Balaban J connectivity index is 1.61. The number of amides is 1. The molecule has 2 heterocycles. The number of benzene rings is 1. The number of rotatable bonds is 6. The molecule has 0 aliphatic carbocycles. The van der Waals surface area contributed by atoms with E-state index in [4.69, 9.17) is 4.74 Å². The minimum atomic E-state index is -0.128. The van der Waals surface area contributed by atoms with Crippen LogP contribution in [0.5, 0.6) is 5.75 Å². The summed E-state index contributed by atoms with van der Waals surface area (Å²) >= 11 is 1.41. The third-order valence-corrected chi connectivity index (χ3v) is 4.70. The van der Waals surface area contributed by atoms with Gasteiger partial charge in [0.1, 0.15) is 11.4 Å². The van der Waals surface area contributed by atoms with Crippen molar-refractivity contribution in [2.45, 2.75) is 12.7 Å². The number of thioether (sulfide) groups is 1. The number of anilines is 1. The second kappa shape index (κ2) is 8.05. The molecule has 0 atom stereocenters. The molecule has 7 heteroatoms. The molecular formula is C19H19N3O3S. The van der Waals surface area contributed by atoms with Crippen LogP contribution >= 0.6 is 11.8 Å². The van der Waals surface area contributed by atoms with E-state index in [-0.39, 0.29) is 17.2 Å². The maximum Gasteiger partial charge on any atom is 0.258 e. The average Bonchev–Trinajstić information content (AvgIpc) is 2.62. The maximum atomic E-state index is 12.2. The number of methoxy groups -OCH3 is 1. The monoisotopic (exact) mass is 369 g/mol. The highest BCUT2D eigenvalue weighted by Crippen LogP contribution is 2.25. The van der Waals surface area contributed by atoms with Crippen LogP contribution in [0.25, 0.3) is 5.65 Å². The molecule has 0 aliphatic rings. The van der Waals surface area contributed by atoms with Crippen LogP contribution in [-0.4, -0.2) is 28.2 Å². The third-order valence-electron chi connectivity index (χ3n) is 3.74. The van der Waals surface area contributed by atoms with Gasteiger partial charge in [-0.25, -0.2) is 4.98 Å². The number of fused-ring (bicyclic) bond motifs is 1. The van der Waals surface area contributed by atoms with Crippen LogP contribution in [-0.2, 0) is 10.5 Å². The normalized spacial score (nSPS) is 10.7. The first-order valence-electron chi connectivity index (χ1n) is 8.06. The Bertz CT molecular complexity index is 1000. The van der Waals surface area contributed by atoms with Gasteiger partial charge in [-0.2, -0.15) is 0 Å². The van der Waals surface area contributed by atoms with Crippen LogP contribution in [0.3, 0.4) is 0 Å². The number of carbonyl (C=O) groups is 1. The van der Waals surface area contributed by atoms with E-state index >= 15 is 0 Å². The van der Waals surface area contributed by atoms with Crippen molar-refractivity contribution in [3.05, 3.63) is 70.3 Å². The van der Waals surface area contributed by atoms with Crippen molar-refractivity contribution in [1.29, 1.82) is 0 Å². The van der Waals surface area contributed by atoms with Gasteiger partial charge in [0.15, 0.2) is 0 Å². The summed E-state index contributed by atoms with van der Waals surface area (Å²) in [5.74, 6) is 1.24. The molecule has 0 bridgehead atoms. The van der Waals surface area contributed by atoms with Crippen LogP contribution in [0, 0.1) is 6.92 Å². The van der Waals surface area contributed by atoms with Gasteiger partial charge in [-0.05, 0) is 36.8 Å². The van der Waals surface area contributed by atoms with E-state index in [1.54, 1.807) is 25.4 Å². The SMILES string of the molecule is COc1ccc(C)cc1NC(=O)CSCc1cc(=O)n2ccccc2n1. The van der Waals surface area contributed by atoms with E-state index in [9.17, 15) is 9.59 Å². The predicted octanol–water partition coefficient (Wildman–Crippen LogP) is 2.88. The van der Waals surface area contributed by atoms with E-state index in [2.05, 4.69) is 10.3 Å². The van der Waals surface area contributed by atoms with Gasteiger partial charge >= 0.3 is 0 Å². The molecule has 0 aliphatic heterocycles. The fourth-order valence-electron chi connectivity index (χ4n) is 2.53. The zero-order valence-corrected chi connectivity index (χ0v) is 15.4. The number of ether oxygens (including phenoxy) is 1. The summed E-state index contributed by atoms with van der Waals surface area (Å²) in [6.07, 6.45) is 1.68. The Hall–Kier alpha value is -2.80. The number of hydrogen-bond donors (Lipinski definition) is 1. The minimum absolute atomic E-state index is 0.125. The Morgan fingerprint density at radius 2 is 2.12 bits per heavy atom. The molecular weight excluding hydrogens is 350 g/mol. The lowest BCUT2D eigenvalue weighted by Crippen LogP contribution is -2.16. The Labute approximate surface area is 155 Å². The number of hydrogen-bond acceptors (Lipinski definition) is 5. The lowest BCUT2D eigenvalue weighted by atomic mass is 10.2. The standard InChI is InChI=1S/C19H19N3O3S/c1-13-6-7-16(25-2)15(9-13)21-18(23)12-26-11-14-10-19(24)22-8-4-3-5-17(22)20-14/h3-10H,11-12H2,1-2H3,(H,21,23). The second-order valence-electron chi connectivity index (χ2n) is 5.76. The van der Waals surface area contributed by atoms with Gasteiger partial charge in [0, 0.05) is 18.0 Å². The Kier molecular flexibility index (Phi) is 5.58. The topological polar surface area (TPSA) is 72.7 Å². The molecule has 0 fully saturated rings. The maximum absolute atomic E-state index is 12.2. The molecule has 2 aromatic heterocycles. The van der Waals surface area contributed by atoms with Crippen molar-refractivity contribution in [2.75, 3.05) is 18.2 Å². The molecule has 1 amide bonds. The Morgan fingerprint density at radius 1 is 1.27 bits per heavy atom. The number of pyridine rings is 1. The summed E-state index contributed by atoms with van der Waals surface area (Å²) in [7, 11) is 1.57. The summed E-state index contributed by atoms with van der Waals surface area (Å²) in [4.78, 5) is 28.7. The van der Waals surface area contributed by atoms with Crippen LogP contribution < -0.4 is 15.6 Å². The van der Waals surface area contributed by atoms with Gasteiger partial charge in [-0.3, -0.25) is 14.0 Å². The van der Waals surface area contributed by atoms with E-state index in [1.165, 1.54) is 22.2 Å². The average molecular weight is 369 g/mol. The van der Waals surface area contributed by atoms with E-state index in [1.807, 2.05) is 31.2 Å². The third kappa shape index (κ3) is 4.23. The van der Waals surface area contributed by atoms with E-state index in [0.717, 1.165) is 5.56 Å². The number of aryl methyl sites for hydroxylation is 1. The smallest absolute Gasteiger partial charge is 0.258 e. The first kappa shape index (κ1) is 18.0. The van der Waals surface area contributed by atoms with Gasteiger partial charge < -0.3 is 10.1 Å². The minimum Gasteiger partial charge on any atom is -0.495 e. The highest BCUT2D eigenvalue weighted by Gasteiger charge is 2.09. The molecule has 134 valence electrons. The molecule has 3 rings (SSSR count). The number of carbonyl (C=O) groups excluding carboxylic acids is 1. The number of aromatic nitrogens is 2. The van der Waals surface area contributed by atoms with Crippen LogP contribution in [0.1, 0.15) is 11.3 Å². The fourth-order valence-corrected chi connectivity index (χ4v) is 3.25. The zero-order chi connectivity index (χ0) is 18.5. The van der Waals surface area contributed by atoms with Crippen molar-refractivity contribution >= 4 is 29.0 Å². The Morgan fingerprint density at radius 3 is 2.92 bits per heavy atom. The molecule has 0 spiro atoms. The van der Waals surface area contributed by atoms with Crippen LogP contribution in [0.4, 0.5) is 5.69 Å². The van der Waals surface area contributed by atoms with Gasteiger partial charge in [0.05, 0.1) is 24.2 Å². The van der Waals surface area contributed by atoms with Crippen molar-refractivity contribution in [1.82, 2.24) is 9.38 Å². The first-order chi connectivity index (χ1) is 12.6. The van der Waals surface area contributed by atoms with Gasteiger partial charge in [0.25, 0.3) is 5.56 Å². The van der Waals surface area contributed by atoms with Gasteiger partial charge in [-0.1, -0.05) is 12.1 Å². The van der Waals surface area contributed by atoms with E-state index < -0.39 is 0 Å².